The number of nitrogens with one attached hydrogen (secondary N) is 6. The predicted molar refractivity (Wildman–Crippen MR) is 169 cm³/mol. The van der Waals surface area contributed by atoms with Crippen molar-refractivity contribution in [2.75, 3.05) is 49.9 Å². The van der Waals surface area contributed by atoms with Crippen LogP contribution in [0.1, 0.15) is 38.5 Å². The maximum Gasteiger partial charge on any atom is 0.170 e. The van der Waals surface area contributed by atoms with Crippen LogP contribution in [0.25, 0.3) is 0 Å². The van der Waals surface area contributed by atoms with E-state index in [0.29, 0.717) is 10.2 Å². The number of anilines is 2. The number of hydrogen-bond donors (Lipinski definition) is 6. The summed E-state index contributed by atoms with van der Waals surface area (Å²) in [5.41, 5.74) is 2.03. The van der Waals surface area contributed by atoms with Gasteiger partial charge in [-0.05, 0) is 101 Å². The van der Waals surface area contributed by atoms with Crippen molar-refractivity contribution in [3.8, 4) is 0 Å². The van der Waals surface area contributed by atoms with Gasteiger partial charge in [0.05, 0.1) is 0 Å². The molecule has 0 bridgehead atoms. The summed E-state index contributed by atoms with van der Waals surface area (Å²) in [6, 6.07) is 20.0. The second kappa shape index (κ2) is 23.7. The molecule has 0 aliphatic carbocycles. The zero-order valence-electron chi connectivity index (χ0n) is 20.9. The van der Waals surface area contributed by atoms with E-state index in [0.717, 1.165) is 63.5 Å². The summed E-state index contributed by atoms with van der Waals surface area (Å²) in [5, 5.41) is 21.3. The summed E-state index contributed by atoms with van der Waals surface area (Å²) in [5.74, 6) is 0. The van der Waals surface area contributed by atoms with E-state index in [9.17, 15) is 0 Å². The molecule has 0 atom stereocenters. The van der Waals surface area contributed by atoms with Crippen molar-refractivity contribution in [2.45, 2.75) is 38.5 Å². The molecule has 202 valence electrons. The first-order valence-corrected chi connectivity index (χ1v) is 13.2. The topological polar surface area (TPSA) is 72.2 Å². The molecule has 0 unspecified atom stereocenters. The van der Waals surface area contributed by atoms with Gasteiger partial charge in [-0.1, -0.05) is 49.2 Å². The zero-order chi connectivity index (χ0) is 24.1. The van der Waals surface area contributed by atoms with Crippen LogP contribution in [0.2, 0.25) is 0 Å². The van der Waals surface area contributed by atoms with Crippen molar-refractivity contribution in [1.82, 2.24) is 21.3 Å². The molecule has 0 aliphatic rings. The van der Waals surface area contributed by atoms with Gasteiger partial charge in [0.2, 0.25) is 0 Å². The molecule has 6 nitrogen and oxygen atoms in total. The van der Waals surface area contributed by atoms with Crippen molar-refractivity contribution in [3.63, 3.8) is 0 Å². The number of hydrogen-bond acceptors (Lipinski definition) is 4. The second-order valence-corrected chi connectivity index (χ2v) is 8.93. The minimum Gasteiger partial charge on any atom is -0.362 e. The van der Waals surface area contributed by atoms with Crippen LogP contribution in [0.3, 0.4) is 0 Å². The first kappa shape index (κ1) is 34.3. The van der Waals surface area contributed by atoms with Crippen molar-refractivity contribution in [3.05, 3.63) is 60.7 Å². The van der Waals surface area contributed by atoms with Gasteiger partial charge in [-0.2, -0.15) is 0 Å². The number of unbranched alkanes of at least 4 members (excludes halogenated alkanes) is 3. The lowest BCUT2D eigenvalue weighted by molar-refractivity contribution is 0.552. The molecule has 0 aromatic heterocycles. The Balaban J connectivity index is 0.00000612. The van der Waals surface area contributed by atoms with Gasteiger partial charge in [0.15, 0.2) is 10.2 Å². The Morgan fingerprint density at radius 1 is 0.472 bits per heavy atom. The molecule has 0 fully saturated rings. The molecule has 10 heteroatoms. The lowest BCUT2D eigenvalue weighted by Gasteiger charge is -2.11. The quantitative estimate of drug-likeness (QED) is 0.112. The van der Waals surface area contributed by atoms with Crippen molar-refractivity contribution >= 4 is 70.8 Å². The van der Waals surface area contributed by atoms with E-state index < -0.39 is 0 Å². The first-order chi connectivity index (χ1) is 16.7. The summed E-state index contributed by atoms with van der Waals surface area (Å²) >= 11 is 10.6. The lowest BCUT2D eigenvalue weighted by atomic mass is 10.2. The van der Waals surface area contributed by atoms with E-state index in [1.54, 1.807) is 0 Å². The molecular formula is C26H42Cl2N6S2. The lowest BCUT2D eigenvalue weighted by Crippen LogP contribution is -2.31. The van der Waals surface area contributed by atoms with E-state index in [2.05, 4.69) is 31.9 Å². The molecule has 0 heterocycles. The van der Waals surface area contributed by atoms with Crippen LogP contribution in [0.5, 0.6) is 0 Å². The van der Waals surface area contributed by atoms with E-state index in [-0.39, 0.29) is 24.8 Å². The van der Waals surface area contributed by atoms with Gasteiger partial charge in [0, 0.05) is 24.5 Å². The zero-order valence-corrected chi connectivity index (χ0v) is 24.2. The highest BCUT2D eigenvalue weighted by Crippen LogP contribution is 2.05. The first-order valence-electron chi connectivity index (χ1n) is 12.4. The normalized spacial score (nSPS) is 9.89. The third-order valence-corrected chi connectivity index (χ3v) is 5.64. The van der Waals surface area contributed by atoms with E-state index in [1.807, 2.05) is 60.7 Å². The second-order valence-electron chi connectivity index (χ2n) is 8.12. The fourth-order valence-electron chi connectivity index (χ4n) is 3.33. The number of halogens is 2. The summed E-state index contributed by atoms with van der Waals surface area (Å²) in [7, 11) is 0. The van der Waals surface area contributed by atoms with Crippen molar-refractivity contribution < 1.29 is 0 Å². The number of benzene rings is 2. The highest BCUT2D eigenvalue weighted by atomic mass is 35.5. The van der Waals surface area contributed by atoms with Gasteiger partial charge < -0.3 is 31.9 Å². The molecule has 2 rings (SSSR count). The molecule has 0 aliphatic heterocycles. The van der Waals surface area contributed by atoms with Gasteiger partial charge in [0.1, 0.15) is 0 Å². The summed E-state index contributed by atoms with van der Waals surface area (Å²) in [6.45, 7) is 5.96. The van der Waals surface area contributed by atoms with E-state index in [1.165, 1.54) is 25.7 Å². The SMILES string of the molecule is Cl.Cl.S=C(NCCCNCCCCCCNCCCNC(=S)Nc1ccccc1)Nc1ccccc1. The van der Waals surface area contributed by atoms with Crippen LogP contribution in [0, 0.1) is 0 Å². The molecule has 0 saturated heterocycles. The Hall–Kier alpha value is -1.68. The van der Waals surface area contributed by atoms with Crippen LogP contribution in [0.4, 0.5) is 11.4 Å². The Morgan fingerprint density at radius 2 is 0.833 bits per heavy atom. The van der Waals surface area contributed by atoms with Crippen LogP contribution < -0.4 is 31.9 Å². The molecule has 2 aromatic rings. The smallest absolute Gasteiger partial charge is 0.170 e. The molecular weight excluding hydrogens is 531 g/mol. The standard InChI is InChI=1S/C26H40N6S2.2ClH/c33-25(31-23-13-5-3-6-14-23)29-21-11-19-27-17-9-1-2-10-18-28-20-12-22-30-26(34)32-24-15-7-4-8-16-24;;/h3-8,13-16,27-28H,1-2,9-12,17-22H2,(H2,29,31,33)(H2,30,32,34);2*1H. The molecule has 0 radical (unpaired) electrons. The molecule has 36 heavy (non-hydrogen) atoms. The fraction of sp³-hybridized carbons (Fsp3) is 0.462. The molecule has 0 amide bonds. The van der Waals surface area contributed by atoms with Crippen LogP contribution in [0.15, 0.2) is 60.7 Å². The van der Waals surface area contributed by atoms with E-state index >= 15 is 0 Å². The highest BCUT2D eigenvalue weighted by Gasteiger charge is 1.98. The Bertz CT molecular complexity index is 732. The van der Waals surface area contributed by atoms with E-state index in [4.69, 9.17) is 24.4 Å². The van der Waals surface area contributed by atoms with Gasteiger partial charge >= 0.3 is 0 Å². The summed E-state index contributed by atoms with van der Waals surface area (Å²) < 4.78 is 0. The average Bonchev–Trinajstić information content (AvgIpc) is 2.85. The predicted octanol–water partition coefficient (Wildman–Crippen LogP) is 5.32. The molecule has 6 N–H and O–H groups in total. The molecule has 0 saturated carbocycles. The van der Waals surface area contributed by atoms with Crippen molar-refractivity contribution in [2.24, 2.45) is 0 Å². The van der Waals surface area contributed by atoms with Gasteiger partial charge in [-0.25, -0.2) is 0 Å². The largest absolute Gasteiger partial charge is 0.362 e. The van der Waals surface area contributed by atoms with Crippen LogP contribution in [-0.2, 0) is 0 Å². The number of para-hydroxylation sites is 2. The monoisotopic (exact) mass is 572 g/mol. The number of thiocarbonyl (C=S) groups is 2. The maximum absolute atomic E-state index is 5.31. The Labute approximate surface area is 240 Å². The minimum atomic E-state index is 0. The maximum atomic E-state index is 5.31. The molecule has 0 spiro atoms. The highest BCUT2D eigenvalue weighted by molar-refractivity contribution is 7.80. The number of rotatable bonds is 17. The van der Waals surface area contributed by atoms with Gasteiger partial charge in [0.25, 0.3) is 0 Å². The third-order valence-electron chi connectivity index (χ3n) is 5.15. The third kappa shape index (κ3) is 18.6. The Kier molecular flexibility index (Phi) is 22.6. The van der Waals surface area contributed by atoms with Gasteiger partial charge in [-0.15, -0.1) is 24.8 Å². The average molecular weight is 574 g/mol. The van der Waals surface area contributed by atoms with Crippen molar-refractivity contribution in [1.29, 1.82) is 0 Å². The minimum absolute atomic E-state index is 0. The summed E-state index contributed by atoms with van der Waals surface area (Å²) in [4.78, 5) is 0. The Morgan fingerprint density at radius 3 is 1.22 bits per heavy atom. The van der Waals surface area contributed by atoms with Crippen LogP contribution in [-0.4, -0.2) is 49.5 Å². The van der Waals surface area contributed by atoms with Gasteiger partial charge in [-0.3, -0.25) is 0 Å². The molecule has 2 aromatic carbocycles. The van der Waals surface area contributed by atoms with Crippen LogP contribution >= 0.6 is 49.2 Å². The fourth-order valence-corrected chi connectivity index (χ4v) is 3.77. The summed E-state index contributed by atoms with van der Waals surface area (Å²) in [6.07, 6.45) is 7.14.